The zero-order valence-corrected chi connectivity index (χ0v) is 20.4. The Morgan fingerprint density at radius 1 is 0.889 bits per heavy atom. The summed E-state index contributed by atoms with van der Waals surface area (Å²) in [7, 11) is 1.53. The van der Waals surface area contributed by atoms with Gasteiger partial charge in [-0.1, -0.05) is 48.0 Å². The SMILES string of the molecule is COc1cccc(C(=O)N2CCN(C(=O)c3cccc(C)c3)C2C(=O)NCc2cccc(CN)c2)c1. The second-order valence-corrected chi connectivity index (χ2v) is 8.71. The molecule has 8 heteroatoms. The molecule has 1 unspecified atom stereocenters. The van der Waals surface area contributed by atoms with Gasteiger partial charge in [-0.25, -0.2) is 0 Å². The van der Waals surface area contributed by atoms with Gasteiger partial charge in [-0.05, 0) is 48.4 Å². The molecular formula is C28H30N4O4. The number of nitrogens with one attached hydrogen (secondary N) is 1. The Morgan fingerprint density at radius 3 is 2.14 bits per heavy atom. The third-order valence-corrected chi connectivity index (χ3v) is 6.20. The molecule has 36 heavy (non-hydrogen) atoms. The normalized spacial score (nSPS) is 15.0. The molecule has 0 aliphatic carbocycles. The number of nitrogens with two attached hydrogens (primary N) is 1. The van der Waals surface area contributed by atoms with Crippen LogP contribution in [-0.2, 0) is 17.9 Å². The highest BCUT2D eigenvalue weighted by Crippen LogP contribution is 2.23. The molecule has 0 saturated carbocycles. The molecule has 1 aliphatic rings. The van der Waals surface area contributed by atoms with Crippen LogP contribution < -0.4 is 15.8 Å². The largest absolute Gasteiger partial charge is 0.497 e. The average Bonchev–Trinajstić information content (AvgIpc) is 3.36. The fourth-order valence-electron chi connectivity index (χ4n) is 4.35. The first kappa shape index (κ1) is 24.9. The minimum absolute atomic E-state index is 0.231. The van der Waals surface area contributed by atoms with Crippen LogP contribution >= 0.6 is 0 Å². The summed E-state index contributed by atoms with van der Waals surface area (Å²) >= 11 is 0. The number of rotatable bonds is 7. The number of carbonyl (C=O) groups excluding carboxylic acids is 3. The van der Waals surface area contributed by atoms with Crippen molar-refractivity contribution in [2.45, 2.75) is 26.2 Å². The van der Waals surface area contributed by atoms with Crippen LogP contribution in [0.15, 0.2) is 72.8 Å². The summed E-state index contributed by atoms with van der Waals surface area (Å²) in [6.45, 7) is 3.01. The fraction of sp³-hybridized carbons (Fsp3) is 0.250. The van der Waals surface area contributed by atoms with Gasteiger partial charge in [-0.2, -0.15) is 0 Å². The maximum absolute atomic E-state index is 13.5. The van der Waals surface area contributed by atoms with E-state index in [-0.39, 0.29) is 31.4 Å². The van der Waals surface area contributed by atoms with Gasteiger partial charge in [-0.3, -0.25) is 14.4 Å². The van der Waals surface area contributed by atoms with Crippen molar-refractivity contribution in [1.29, 1.82) is 0 Å². The molecule has 1 saturated heterocycles. The van der Waals surface area contributed by atoms with Gasteiger partial charge >= 0.3 is 0 Å². The standard InChI is InChI=1S/C28H30N4O4/c1-19-6-3-9-22(14-19)27(34)31-12-13-32(28(35)23-10-5-11-24(16-23)36-2)26(31)25(33)30-18-21-8-4-7-20(15-21)17-29/h3-11,14-16,26H,12-13,17-18,29H2,1-2H3,(H,30,33). The van der Waals surface area contributed by atoms with Gasteiger partial charge in [0.1, 0.15) is 5.75 Å². The van der Waals surface area contributed by atoms with Crippen LogP contribution in [0.25, 0.3) is 0 Å². The Kier molecular flexibility index (Phi) is 7.65. The Bertz CT molecular complexity index is 1280. The molecule has 0 aromatic heterocycles. The van der Waals surface area contributed by atoms with Gasteiger partial charge in [0.25, 0.3) is 17.7 Å². The number of hydrogen-bond donors (Lipinski definition) is 2. The first-order valence-electron chi connectivity index (χ1n) is 11.8. The number of aryl methyl sites for hydroxylation is 1. The Balaban J connectivity index is 1.61. The van der Waals surface area contributed by atoms with E-state index in [9.17, 15) is 14.4 Å². The fourth-order valence-corrected chi connectivity index (χ4v) is 4.35. The van der Waals surface area contributed by atoms with Crippen molar-refractivity contribution in [3.8, 4) is 5.75 Å². The monoisotopic (exact) mass is 486 g/mol. The van der Waals surface area contributed by atoms with Crippen molar-refractivity contribution in [2.24, 2.45) is 5.73 Å². The Labute approximate surface area is 210 Å². The molecule has 3 amide bonds. The van der Waals surface area contributed by atoms with Crippen LogP contribution in [0.4, 0.5) is 0 Å². The lowest BCUT2D eigenvalue weighted by Gasteiger charge is -2.29. The summed E-state index contributed by atoms with van der Waals surface area (Å²) in [5, 5.41) is 2.91. The molecule has 186 valence electrons. The van der Waals surface area contributed by atoms with Gasteiger partial charge in [0, 0.05) is 37.3 Å². The summed E-state index contributed by atoms with van der Waals surface area (Å²) in [4.78, 5) is 43.3. The van der Waals surface area contributed by atoms with Crippen LogP contribution in [0, 0.1) is 6.92 Å². The summed E-state index contributed by atoms with van der Waals surface area (Å²) in [5.41, 5.74) is 9.36. The molecule has 1 fully saturated rings. The van der Waals surface area contributed by atoms with E-state index in [1.54, 1.807) is 42.5 Å². The van der Waals surface area contributed by atoms with E-state index in [1.165, 1.54) is 16.9 Å². The minimum atomic E-state index is -1.09. The molecule has 0 spiro atoms. The maximum atomic E-state index is 13.5. The van der Waals surface area contributed by atoms with E-state index in [4.69, 9.17) is 10.5 Å². The quantitative estimate of drug-likeness (QED) is 0.534. The molecule has 0 radical (unpaired) electrons. The molecule has 3 aromatic carbocycles. The number of ether oxygens (including phenoxy) is 1. The van der Waals surface area contributed by atoms with Crippen molar-refractivity contribution in [2.75, 3.05) is 20.2 Å². The zero-order chi connectivity index (χ0) is 25.7. The topological polar surface area (TPSA) is 105 Å². The molecule has 1 aliphatic heterocycles. The van der Waals surface area contributed by atoms with Crippen LogP contribution in [0.3, 0.4) is 0 Å². The zero-order valence-electron chi connectivity index (χ0n) is 20.4. The third-order valence-electron chi connectivity index (χ3n) is 6.20. The molecule has 0 bridgehead atoms. The highest BCUT2D eigenvalue weighted by Gasteiger charge is 2.43. The maximum Gasteiger partial charge on any atom is 0.264 e. The van der Waals surface area contributed by atoms with Gasteiger partial charge in [0.2, 0.25) is 0 Å². The van der Waals surface area contributed by atoms with E-state index >= 15 is 0 Å². The Hall–Kier alpha value is -4.17. The highest BCUT2D eigenvalue weighted by atomic mass is 16.5. The molecule has 3 N–H and O–H groups in total. The van der Waals surface area contributed by atoms with E-state index in [2.05, 4.69) is 5.32 Å². The number of benzene rings is 3. The summed E-state index contributed by atoms with van der Waals surface area (Å²) in [6.07, 6.45) is -1.09. The van der Waals surface area contributed by atoms with Crippen LogP contribution in [0.5, 0.6) is 5.75 Å². The summed E-state index contributed by atoms with van der Waals surface area (Å²) in [6, 6.07) is 21.6. The molecule has 1 heterocycles. The van der Waals surface area contributed by atoms with Crippen molar-refractivity contribution in [3.63, 3.8) is 0 Å². The molecule has 8 nitrogen and oxygen atoms in total. The van der Waals surface area contributed by atoms with Crippen molar-refractivity contribution in [3.05, 3.63) is 101 Å². The van der Waals surface area contributed by atoms with Crippen LogP contribution in [-0.4, -0.2) is 53.9 Å². The molecule has 4 rings (SSSR count). The number of hydrogen-bond acceptors (Lipinski definition) is 5. The molecule has 1 atom stereocenters. The van der Waals surface area contributed by atoms with Crippen molar-refractivity contribution in [1.82, 2.24) is 15.1 Å². The second-order valence-electron chi connectivity index (χ2n) is 8.71. The molecule has 3 aromatic rings. The predicted molar refractivity (Wildman–Crippen MR) is 136 cm³/mol. The van der Waals surface area contributed by atoms with E-state index in [0.29, 0.717) is 23.4 Å². The lowest BCUT2D eigenvalue weighted by atomic mass is 10.1. The van der Waals surface area contributed by atoms with E-state index in [0.717, 1.165) is 16.7 Å². The van der Waals surface area contributed by atoms with Crippen LogP contribution in [0.1, 0.15) is 37.4 Å². The van der Waals surface area contributed by atoms with Crippen LogP contribution in [0.2, 0.25) is 0 Å². The first-order valence-corrected chi connectivity index (χ1v) is 11.8. The summed E-state index contributed by atoms with van der Waals surface area (Å²) in [5.74, 6) is -0.542. The van der Waals surface area contributed by atoms with Crippen molar-refractivity contribution >= 4 is 17.7 Å². The lowest BCUT2D eigenvalue weighted by molar-refractivity contribution is -0.128. The average molecular weight is 487 g/mol. The summed E-state index contributed by atoms with van der Waals surface area (Å²) < 4.78 is 5.25. The highest BCUT2D eigenvalue weighted by molar-refractivity contribution is 6.02. The van der Waals surface area contributed by atoms with Gasteiger partial charge < -0.3 is 25.6 Å². The number of nitrogens with zero attached hydrogens (tertiary/aromatic N) is 2. The minimum Gasteiger partial charge on any atom is -0.497 e. The first-order chi connectivity index (χ1) is 17.4. The van der Waals surface area contributed by atoms with E-state index in [1.807, 2.05) is 37.3 Å². The van der Waals surface area contributed by atoms with Gasteiger partial charge in [0.15, 0.2) is 6.17 Å². The van der Waals surface area contributed by atoms with Gasteiger partial charge in [-0.15, -0.1) is 0 Å². The number of methoxy groups -OCH3 is 1. The van der Waals surface area contributed by atoms with E-state index < -0.39 is 12.1 Å². The Morgan fingerprint density at radius 2 is 1.50 bits per heavy atom. The smallest absolute Gasteiger partial charge is 0.264 e. The second kappa shape index (κ2) is 11.0. The van der Waals surface area contributed by atoms with Gasteiger partial charge in [0.05, 0.1) is 7.11 Å². The lowest BCUT2D eigenvalue weighted by Crippen LogP contribution is -2.53. The number of carbonyl (C=O) groups is 3. The number of amides is 3. The molecular weight excluding hydrogens is 456 g/mol. The third kappa shape index (κ3) is 5.39. The van der Waals surface area contributed by atoms with Crippen molar-refractivity contribution < 1.29 is 19.1 Å². The predicted octanol–water partition coefficient (Wildman–Crippen LogP) is 2.70.